The molecule has 2 rings (SSSR count). The van der Waals surface area contributed by atoms with Crippen molar-refractivity contribution >= 4 is 11.6 Å². The molecule has 21 heavy (non-hydrogen) atoms. The van der Waals surface area contributed by atoms with E-state index in [0.29, 0.717) is 0 Å². The number of carbonyl (C=O) groups is 1. The number of nitrogens with one attached hydrogen (secondary N) is 2. The number of carbonyl (C=O) groups excluding carboxylic acids is 1. The summed E-state index contributed by atoms with van der Waals surface area (Å²) in [5, 5.41) is 6.42. The van der Waals surface area contributed by atoms with Crippen molar-refractivity contribution in [1.29, 1.82) is 0 Å². The number of hydrogen-bond acceptors (Lipinski definition) is 3. The molecular weight excluding hydrogens is 262 g/mol. The highest BCUT2D eigenvalue weighted by molar-refractivity contribution is 5.86. The molecular formula is C17H27N3O. The van der Waals surface area contributed by atoms with Crippen molar-refractivity contribution in [3.63, 3.8) is 0 Å². The average molecular weight is 289 g/mol. The molecule has 1 aromatic rings. The first kappa shape index (κ1) is 15.8. The summed E-state index contributed by atoms with van der Waals surface area (Å²) in [6, 6.07) is 6.39. The van der Waals surface area contributed by atoms with Crippen molar-refractivity contribution in [1.82, 2.24) is 10.6 Å². The molecule has 1 unspecified atom stereocenters. The molecule has 1 aromatic carbocycles. The zero-order chi connectivity index (χ0) is 15.6. The number of piperazine rings is 1. The molecule has 1 fully saturated rings. The SMILES string of the molecule is Cc1cc(N2CCNC(=O)C2C)ccc1CNC(C)(C)C. The molecule has 0 aromatic heterocycles. The Bertz CT molecular complexity index is 519. The monoisotopic (exact) mass is 289 g/mol. The number of anilines is 1. The highest BCUT2D eigenvalue weighted by Gasteiger charge is 2.25. The Kier molecular flexibility index (Phi) is 4.57. The van der Waals surface area contributed by atoms with Gasteiger partial charge in [0, 0.05) is 30.9 Å². The number of amides is 1. The lowest BCUT2D eigenvalue weighted by molar-refractivity contribution is -0.122. The van der Waals surface area contributed by atoms with Crippen LogP contribution >= 0.6 is 0 Å². The number of benzene rings is 1. The van der Waals surface area contributed by atoms with Gasteiger partial charge in [0.25, 0.3) is 0 Å². The minimum Gasteiger partial charge on any atom is -0.358 e. The zero-order valence-corrected chi connectivity index (χ0v) is 13.8. The Labute approximate surface area is 127 Å². The van der Waals surface area contributed by atoms with E-state index in [9.17, 15) is 4.79 Å². The van der Waals surface area contributed by atoms with Gasteiger partial charge in [0.1, 0.15) is 6.04 Å². The lowest BCUT2D eigenvalue weighted by Crippen LogP contribution is -2.54. The van der Waals surface area contributed by atoms with E-state index in [-0.39, 0.29) is 17.5 Å². The number of rotatable bonds is 3. The van der Waals surface area contributed by atoms with Crippen LogP contribution < -0.4 is 15.5 Å². The van der Waals surface area contributed by atoms with Gasteiger partial charge in [-0.1, -0.05) is 6.07 Å². The molecule has 1 aliphatic heterocycles. The van der Waals surface area contributed by atoms with Gasteiger partial charge in [-0.05, 0) is 57.9 Å². The highest BCUT2D eigenvalue weighted by Crippen LogP contribution is 2.22. The van der Waals surface area contributed by atoms with E-state index in [0.717, 1.165) is 25.3 Å². The summed E-state index contributed by atoms with van der Waals surface area (Å²) in [6.45, 7) is 13.1. The molecule has 1 aliphatic rings. The lowest BCUT2D eigenvalue weighted by Gasteiger charge is -2.35. The van der Waals surface area contributed by atoms with Crippen LogP contribution in [-0.4, -0.2) is 30.6 Å². The Hall–Kier alpha value is -1.55. The molecule has 4 nitrogen and oxygen atoms in total. The number of hydrogen-bond donors (Lipinski definition) is 2. The second-order valence-electron chi connectivity index (χ2n) is 6.87. The molecule has 1 heterocycles. The summed E-state index contributed by atoms with van der Waals surface area (Å²) in [5.41, 5.74) is 3.82. The van der Waals surface area contributed by atoms with Crippen LogP contribution in [0.25, 0.3) is 0 Å². The molecule has 2 N–H and O–H groups in total. The molecule has 0 bridgehead atoms. The highest BCUT2D eigenvalue weighted by atomic mass is 16.2. The van der Waals surface area contributed by atoms with Gasteiger partial charge in [0.15, 0.2) is 0 Å². The minimum atomic E-state index is -0.100. The van der Waals surface area contributed by atoms with Crippen molar-refractivity contribution in [3.8, 4) is 0 Å². The smallest absolute Gasteiger partial charge is 0.242 e. The molecule has 0 aliphatic carbocycles. The van der Waals surface area contributed by atoms with Crippen LogP contribution in [0.1, 0.15) is 38.8 Å². The summed E-state index contributed by atoms with van der Waals surface area (Å²) in [4.78, 5) is 14.0. The van der Waals surface area contributed by atoms with Crippen molar-refractivity contribution in [2.45, 2.75) is 52.7 Å². The Morgan fingerprint density at radius 2 is 2.10 bits per heavy atom. The molecule has 1 atom stereocenters. The second kappa shape index (κ2) is 6.06. The van der Waals surface area contributed by atoms with Gasteiger partial charge >= 0.3 is 0 Å². The van der Waals surface area contributed by atoms with Gasteiger partial charge in [-0.2, -0.15) is 0 Å². The summed E-state index contributed by atoms with van der Waals surface area (Å²) in [5.74, 6) is 0.109. The van der Waals surface area contributed by atoms with Crippen molar-refractivity contribution in [2.75, 3.05) is 18.0 Å². The first-order valence-corrected chi connectivity index (χ1v) is 7.67. The summed E-state index contributed by atoms with van der Waals surface area (Å²) < 4.78 is 0. The van der Waals surface area contributed by atoms with E-state index in [1.54, 1.807) is 0 Å². The molecule has 4 heteroatoms. The van der Waals surface area contributed by atoms with Crippen LogP contribution in [0.3, 0.4) is 0 Å². The maximum atomic E-state index is 11.8. The van der Waals surface area contributed by atoms with Gasteiger partial charge in [0.2, 0.25) is 5.91 Å². The Balaban J connectivity index is 2.13. The fraction of sp³-hybridized carbons (Fsp3) is 0.588. The molecule has 1 saturated heterocycles. The molecule has 1 amide bonds. The minimum absolute atomic E-state index is 0.100. The number of nitrogens with zero attached hydrogens (tertiary/aromatic N) is 1. The summed E-state index contributed by atoms with van der Waals surface area (Å²) in [7, 11) is 0. The van der Waals surface area contributed by atoms with E-state index in [1.165, 1.54) is 11.1 Å². The molecule has 0 radical (unpaired) electrons. The maximum Gasteiger partial charge on any atom is 0.242 e. The number of aryl methyl sites for hydroxylation is 1. The standard InChI is InChI=1S/C17H27N3O/c1-12-10-15(20-9-8-18-16(21)13(20)2)7-6-14(12)11-19-17(3,4)5/h6-7,10,13,19H,8-9,11H2,1-5H3,(H,18,21). The Morgan fingerprint density at radius 1 is 1.38 bits per heavy atom. The predicted octanol–water partition coefficient (Wildman–Crippen LogP) is 2.21. The summed E-state index contributed by atoms with van der Waals surface area (Å²) in [6.07, 6.45) is 0. The Morgan fingerprint density at radius 3 is 2.71 bits per heavy atom. The first-order valence-electron chi connectivity index (χ1n) is 7.67. The van der Waals surface area contributed by atoms with Crippen LogP contribution in [0.15, 0.2) is 18.2 Å². The molecule has 116 valence electrons. The van der Waals surface area contributed by atoms with E-state index >= 15 is 0 Å². The van der Waals surface area contributed by atoms with Crippen LogP contribution in [-0.2, 0) is 11.3 Å². The average Bonchev–Trinajstić information content (AvgIpc) is 2.39. The van der Waals surface area contributed by atoms with E-state index in [1.807, 2.05) is 6.92 Å². The first-order chi connectivity index (χ1) is 9.78. The molecule has 0 spiro atoms. The van der Waals surface area contributed by atoms with Crippen molar-refractivity contribution in [2.24, 2.45) is 0 Å². The molecule has 0 saturated carbocycles. The van der Waals surface area contributed by atoms with Gasteiger partial charge < -0.3 is 15.5 Å². The third-order valence-electron chi connectivity index (χ3n) is 3.97. The van der Waals surface area contributed by atoms with Gasteiger partial charge in [-0.15, -0.1) is 0 Å². The lowest BCUT2D eigenvalue weighted by atomic mass is 10.0. The van der Waals surface area contributed by atoms with Crippen LogP contribution in [0.2, 0.25) is 0 Å². The van der Waals surface area contributed by atoms with Gasteiger partial charge in [-0.25, -0.2) is 0 Å². The van der Waals surface area contributed by atoms with E-state index < -0.39 is 0 Å². The van der Waals surface area contributed by atoms with Crippen molar-refractivity contribution in [3.05, 3.63) is 29.3 Å². The van der Waals surface area contributed by atoms with Crippen LogP contribution in [0.4, 0.5) is 5.69 Å². The van der Waals surface area contributed by atoms with Crippen LogP contribution in [0.5, 0.6) is 0 Å². The van der Waals surface area contributed by atoms with Crippen LogP contribution in [0, 0.1) is 6.92 Å². The topological polar surface area (TPSA) is 44.4 Å². The second-order valence-corrected chi connectivity index (χ2v) is 6.87. The van der Waals surface area contributed by atoms with Gasteiger partial charge in [0.05, 0.1) is 0 Å². The fourth-order valence-electron chi connectivity index (χ4n) is 2.55. The normalized spacial score (nSPS) is 19.6. The quantitative estimate of drug-likeness (QED) is 0.896. The van der Waals surface area contributed by atoms with E-state index in [2.05, 4.69) is 61.4 Å². The predicted molar refractivity (Wildman–Crippen MR) is 87.6 cm³/mol. The summed E-state index contributed by atoms with van der Waals surface area (Å²) >= 11 is 0. The third-order valence-corrected chi connectivity index (χ3v) is 3.97. The van der Waals surface area contributed by atoms with Crippen molar-refractivity contribution < 1.29 is 4.79 Å². The van der Waals surface area contributed by atoms with Gasteiger partial charge in [-0.3, -0.25) is 4.79 Å². The van der Waals surface area contributed by atoms with E-state index in [4.69, 9.17) is 0 Å². The maximum absolute atomic E-state index is 11.8. The fourth-order valence-corrected chi connectivity index (χ4v) is 2.55. The zero-order valence-electron chi connectivity index (χ0n) is 13.8. The third kappa shape index (κ3) is 3.97. The largest absolute Gasteiger partial charge is 0.358 e.